The van der Waals surface area contributed by atoms with Crippen molar-refractivity contribution in [3.8, 4) is 0 Å². The van der Waals surface area contributed by atoms with Crippen LogP contribution in [0.25, 0.3) is 0 Å². The van der Waals surface area contributed by atoms with Crippen LogP contribution < -0.4 is 11.5 Å². The predicted molar refractivity (Wildman–Crippen MR) is 104 cm³/mol. The fourth-order valence-electron chi connectivity index (χ4n) is 3.93. The number of carbonyl (C=O) groups is 1. The molecule has 1 fully saturated rings. The Labute approximate surface area is 165 Å². The topological polar surface area (TPSA) is 110 Å². The largest absolute Gasteiger partial charge is 0.391 e. The molecule has 1 amide bonds. The Kier molecular flexibility index (Phi) is 7.17. The number of halogens is 2. The summed E-state index contributed by atoms with van der Waals surface area (Å²) in [7, 11) is 0. The first-order valence-corrected chi connectivity index (χ1v) is 9.81. The third-order valence-corrected chi connectivity index (χ3v) is 5.79. The van der Waals surface area contributed by atoms with E-state index in [1.165, 1.54) is 0 Å². The highest BCUT2D eigenvalue weighted by molar-refractivity contribution is 5.77. The van der Waals surface area contributed by atoms with Crippen LogP contribution in [0.4, 0.5) is 8.78 Å². The molecule has 3 unspecified atom stereocenters. The maximum absolute atomic E-state index is 13.4. The van der Waals surface area contributed by atoms with Crippen LogP contribution in [0, 0.1) is 11.8 Å². The molecule has 6 N–H and O–H groups in total. The minimum absolute atomic E-state index is 0.0674. The van der Waals surface area contributed by atoms with Gasteiger partial charge in [-0.1, -0.05) is 24.3 Å². The van der Waals surface area contributed by atoms with E-state index in [1.54, 1.807) is 13.8 Å². The summed E-state index contributed by atoms with van der Waals surface area (Å²) in [5, 5.41) is 20.7. The van der Waals surface area contributed by atoms with Crippen LogP contribution in [0.2, 0.25) is 0 Å². The molecule has 2 rings (SSSR count). The SMILES string of the molecule is CC(C)(O)c1cccc(CC(N)C(O)CC(C(N)=O)C2CCC(F)(F)CC2)c1. The van der Waals surface area contributed by atoms with E-state index in [9.17, 15) is 23.8 Å². The van der Waals surface area contributed by atoms with E-state index in [-0.39, 0.29) is 38.0 Å². The van der Waals surface area contributed by atoms with Crippen molar-refractivity contribution >= 4 is 5.91 Å². The lowest BCUT2D eigenvalue weighted by atomic mass is 9.75. The van der Waals surface area contributed by atoms with Crippen molar-refractivity contribution in [2.24, 2.45) is 23.3 Å². The zero-order valence-corrected chi connectivity index (χ0v) is 16.6. The Balaban J connectivity index is 2.00. The molecular weight excluding hydrogens is 366 g/mol. The zero-order valence-electron chi connectivity index (χ0n) is 16.6. The van der Waals surface area contributed by atoms with Crippen LogP contribution in [0.3, 0.4) is 0 Å². The van der Waals surface area contributed by atoms with E-state index in [0.29, 0.717) is 6.42 Å². The minimum Gasteiger partial charge on any atom is -0.391 e. The number of alkyl halides is 2. The van der Waals surface area contributed by atoms with Gasteiger partial charge in [0.05, 0.1) is 11.7 Å². The Hall–Kier alpha value is -1.57. The molecule has 1 saturated carbocycles. The molecule has 1 aliphatic rings. The second-order valence-electron chi connectivity index (χ2n) is 8.63. The number of aliphatic hydroxyl groups excluding tert-OH is 1. The third kappa shape index (κ3) is 6.22. The number of benzene rings is 1. The van der Waals surface area contributed by atoms with Crippen molar-refractivity contribution in [1.29, 1.82) is 0 Å². The van der Waals surface area contributed by atoms with Crippen LogP contribution in [0.5, 0.6) is 0 Å². The van der Waals surface area contributed by atoms with Gasteiger partial charge in [0.15, 0.2) is 0 Å². The van der Waals surface area contributed by atoms with Crippen LogP contribution >= 0.6 is 0 Å². The molecule has 0 radical (unpaired) electrons. The molecule has 1 aliphatic carbocycles. The number of rotatable bonds is 8. The summed E-state index contributed by atoms with van der Waals surface area (Å²) >= 11 is 0. The smallest absolute Gasteiger partial charge is 0.248 e. The van der Waals surface area contributed by atoms with Crippen LogP contribution in [0.15, 0.2) is 24.3 Å². The number of carbonyl (C=O) groups excluding carboxylic acids is 1. The monoisotopic (exact) mass is 398 g/mol. The number of hydrogen-bond donors (Lipinski definition) is 4. The molecule has 0 saturated heterocycles. The molecule has 3 atom stereocenters. The van der Waals surface area contributed by atoms with E-state index in [2.05, 4.69) is 0 Å². The first-order chi connectivity index (χ1) is 12.9. The van der Waals surface area contributed by atoms with Crippen molar-refractivity contribution in [2.75, 3.05) is 0 Å². The minimum atomic E-state index is -2.68. The fourth-order valence-corrected chi connectivity index (χ4v) is 3.93. The molecule has 158 valence electrons. The van der Waals surface area contributed by atoms with Gasteiger partial charge in [-0.3, -0.25) is 4.79 Å². The van der Waals surface area contributed by atoms with E-state index in [0.717, 1.165) is 11.1 Å². The Morgan fingerprint density at radius 3 is 2.46 bits per heavy atom. The standard InChI is InChI=1S/C21H32F2N2O3/c1-20(2,28)15-5-3-4-13(10-15)11-17(24)18(26)12-16(19(25)27)14-6-8-21(22,23)9-7-14/h3-5,10,14,16-18,26,28H,6-9,11-12,24H2,1-2H3,(H2,25,27). The lowest BCUT2D eigenvalue weighted by Crippen LogP contribution is -2.43. The Morgan fingerprint density at radius 1 is 1.32 bits per heavy atom. The highest BCUT2D eigenvalue weighted by Crippen LogP contribution is 2.40. The Bertz CT molecular complexity index is 666. The van der Waals surface area contributed by atoms with Crippen molar-refractivity contribution < 1.29 is 23.8 Å². The lowest BCUT2D eigenvalue weighted by Gasteiger charge is -2.34. The first kappa shape index (κ1) is 22.7. The highest BCUT2D eigenvalue weighted by Gasteiger charge is 2.40. The summed E-state index contributed by atoms with van der Waals surface area (Å²) in [6.07, 6.45) is -0.629. The average molecular weight is 398 g/mol. The van der Waals surface area contributed by atoms with Gasteiger partial charge in [0, 0.05) is 24.8 Å². The molecule has 28 heavy (non-hydrogen) atoms. The van der Waals surface area contributed by atoms with Crippen LogP contribution in [-0.4, -0.2) is 34.2 Å². The number of nitrogens with two attached hydrogens (primary N) is 2. The molecule has 7 heteroatoms. The van der Waals surface area contributed by atoms with Crippen molar-refractivity contribution in [2.45, 2.75) is 76.0 Å². The number of amides is 1. The number of primary amides is 1. The van der Waals surface area contributed by atoms with Gasteiger partial charge in [0.25, 0.3) is 0 Å². The van der Waals surface area contributed by atoms with Gasteiger partial charge in [0.1, 0.15) is 0 Å². The average Bonchev–Trinajstić information content (AvgIpc) is 2.59. The van der Waals surface area contributed by atoms with Gasteiger partial charge in [-0.15, -0.1) is 0 Å². The first-order valence-electron chi connectivity index (χ1n) is 9.81. The van der Waals surface area contributed by atoms with Gasteiger partial charge in [0.2, 0.25) is 11.8 Å². The van der Waals surface area contributed by atoms with Crippen LogP contribution in [0.1, 0.15) is 57.1 Å². The number of hydrogen-bond acceptors (Lipinski definition) is 4. The maximum Gasteiger partial charge on any atom is 0.248 e. The molecule has 1 aromatic carbocycles. The molecule has 0 bridgehead atoms. The molecular formula is C21H32F2N2O3. The lowest BCUT2D eigenvalue weighted by molar-refractivity contribution is -0.127. The quantitative estimate of drug-likeness (QED) is 0.539. The van der Waals surface area contributed by atoms with Crippen molar-refractivity contribution in [3.05, 3.63) is 35.4 Å². The fraction of sp³-hybridized carbons (Fsp3) is 0.667. The predicted octanol–water partition coefficient (Wildman–Crippen LogP) is 2.46. The van der Waals surface area contributed by atoms with E-state index < -0.39 is 35.5 Å². The van der Waals surface area contributed by atoms with Gasteiger partial charge in [-0.05, 0) is 56.6 Å². The van der Waals surface area contributed by atoms with E-state index in [4.69, 9.17) is 11.5 Å². The van der Waals surface area contributed by atoms with Gasteiger partial charge >= 0.3 is 0 Å². The molecule has 0 aliphatic heterocycles. The highest BCUT2D eigenvalue weighted by atomic mass is 19.3. The van der Waals surface area contributed by atoms with E-state index >= 15 is 0 Å². The van der Waals surface area contributed by atoms with Crippen molar-refractivity contribution in [3.63, 3.8) is 0 Å². The summed E-state index contributed by atoms with van der Waals surface area (Å²) in [4.78, 5) is 11.9. The van der Waals surface area contributed by atoms with Gasteiger partial charge < -0.3 is 21.7 Å². The van der Waals surface area contributed by atoms with Gasteiger partial charge in [-0.25, -0.2) is 8.78 Å². The molecule has 5 nitrogen and oxygen atoms in total. The molecule has 1 aromatic rings. The second-order valence-corrected chi connectivity index (χ2v) is 8.63. The van der Waals surface area contributed by atoms with E-state index in [1.807, 2.05) is 24.3 Å². The second kappa shape index (κ2) is 8.84. The number of aliphatic hydroxyl groups is 2. The summed E-state index contributed by atoms with van der Waals surface area (Å²) in [5.41, 5.74) is 12.3. The maximum atomic E-state index is 13.4. The normalized spacial score (nSPS) is 21.1. The molecule has 0 heterocycles. The molecule has 0 spiro atoms. The zero-order chi connectivity index (χ0) is 21.1. The Morgan fingerprint density at radius 2 is 1.93 bits per heavy atom. The van der Waals surface area contributed by atoms with Crippen molar-refractivity contribution in [1.82, 2.24) is 0 Å². The summed E-state index contributed by atoms with van der Waals surface area (Å²) in [6.45, 7) is 3.37. The van der Waals surface area contributed by atoms with Crippen LogP contribution in [-0.2, 0) is 16.8 Å². The summed E-state index contributed by atoms with van der Waals surface area (Å²) in [5.74, 6) is -4.18. The third-order valence-electron chi connectivity index (χ3n) is 5.79. The summed E-state index contributed by atoms with van der Waals surface area (Å²) < 4.78 is 26.8. The summed E-state index contributed by atoms with van der Waals surface area (Å²) in [6, 6.07) is 6.69. The molecule has 0 aromatic heterocycles. The van der Waals surface area contributed by atoms with Gasteiger partial charge in [-0.2, -0.15) is 0 Å².